The average Bonchev–Trinajstić information content (AvgIpc) is 3.47. The smallest absolute Gasteiger partial charge is 0.219 e. The summed E-state index contributed by atoms with van der Waals surface area (Å²) in [5.74, 6) is 1.83. The highest BCUT2D eigenvalue weighted by Crippen LogP contribution is 2.23. The van der Waals surface area contributed by atoms with Gasteiger partial charge in [-0.05, 0) is 22.3 Å². The predicted octanol–water partition coefficient (Wildman–Crippen LogP) is 4.75. The second kappa shape index (κ2) is 9.71. The first-order valence-electron chi connectivity index (χ1n) is 11.5. The van der Waals surface area contributed by atoms with Crippen LogP contribution < -0.4 is 11.5 Å². The zero-order chi connectivity index (χ0) is 25.1. The fourth-order valence-corrected chi connectivity index (χ4v) is 3.82. The highest BCUT2D eigenvalue weighted by Gasteiger charge is 2.13. The minimum absolute atomic E-state index is 0.358. The lowest BCUT2D eigenvalue weighted by Gasteiger charge is -2.03. The first-order chi connectivity index (χ1) is 17.5. The maximum absolute atomic E-state index is 6.13. The minimum atomic E-state index is 0.358. The lowest BCUT2D eigenvalue weighted by Crippen LogP contribution is -2.06. The molecule has 0 bridgehead atoms. The van der Waals surface area contributed by atoms with Crippen LogP contribution >= 0.6 is 0 Å². The molecule has 3 aromatic carbocycles. The van der Waals surface area contributed by atoms with Gasteiger partial charge in [-0.25, -0.2) is 9.36 Å². The van der Waals surface area contributed by atoms with Crippen molar-refractivity contribution in [2.75, 3.05) is 11.5 Å². The van der Waals surface area contributed by atoms with Crippen molar-refractivity contribution in [2.45, 2.75) is 13.1 Å². The van der Waals surface area contributed by atoms with Crippen LogP contribution in [0.3, 0.4) is 0 Å². The molecule has 4 N–H and O–H groups in total. The molecule has 8 nitrogen and oxygen atoms in total. The van der Waals surface area contributed by atoms with Gasteiger partial charge < -0.3 is 11.5 Å². The molecule has 36 heavy (non-hydrogen) atoms. The Morgan fingerprint density at radius 2 is 0.944 bits per heavy atom. The van der Waals surface area contributed by atoms with E-state index in [1.807, 2.05) is 84.9 Å². The summed E-state index contributed by atoms with van der Waals surface area (Å²) >= 11 is 0. The molecule has 0 aliphatic rings. The van der Waals surface area contributed by atoms with Crippen LogP contribution in [0.2, 0.25) is 0 Å². The largest absolute Gasteiger partial charge is 0.368 e. The topological polar surface area (TPSA) is 113 Å². The van der Waals surface area contributed by atoms with Crippen molar-refractivity contribution in [3.8, 4) is 22.8 Å². The number of hydrogen-bond acceptors (Lipinski definition) is 6. The lowest BCUT2D eigenvalue weighted by atomic mass is 10.1. The monoisotopic (exact) mass is 474 g/mol. The first-order valence-corrected chi connectivity index (χ1v) is 11.5. The summed E-state index contributed by atoms with van der Waals surface area (Å²) in [6.45, 7) is 8.63. The van der Waals surface area contributed by atoms with Crippen LogP contribution in [0.1, 0.15) is 22.3 Å². The third-order valence-corrected chi connectivity index (χ3v) is 5.90. The highest BCUT2D eigenvalue weighted by atomic mass is 15.4. The average molecular weight is 475 g/mol. The summed E-state index contributed by atoms with van der Waals surface area (Å²) in [7, 11) is 0. The van der Waals surface area contributed by atoms with Crippen molar-refractivity contribution in [1.29, 1.82) is 0 Å². The van der Waals surface area contributed by atoms with Gasteiger partial charge in [-0.2, -0.15) is 9.97 Å². The number of nitrogens with zero attached hydrogens (tertiary/aromatic N) is 6. The van der Waals surface area contributed by atoms with Gasteiger partial charge in [-0.1, -0.05) is 98.1 Å². The van der Waals surface area contributed by atoms with Gasteiger partial charge in [0.25, 0.3) is 0 Å². The standard InChI is InChI=1S/C28H26N8/c1-3-19-5-9-21(10-6-19)17-35-27(29)31-25(33-35)23-13-15-24(16-14-23)26-32-28(30)36(34-26)18-22-11-7-20(4-2)8-12-22/h3-16H,1-2,17-18H2,(H2,29,31,33)(H2,30,32,34). The number of nitrogen functional groups attached to an aromatic ring is 2. The van der Waals surface area contributed by atoms with Gasteiger partial charge in [0, 0.05) is 11.1 Å². The zero-order valence-corrected chi connectivity index (χ0v) is 19.7. The second-order valence-electron chi connectivity index (χ2n) is 8.37. The summed E-state index contributed by atoms with van der Waals surface area (Å²) < 4.78 is 3.38. The van der Waals surface area contributed by atoms with Gasteiger partial charge in [0.15, 0.2) is 11.6 Å². The Morgan fingerprint density at radius 3 is 1.28 bits per heavy atom. The zero-order valence-electron chi connectivity index (χ0n) is 19.7. The molecular formula is C28H26N8. The van der Waals surface area contributed by atoms with Crippen LogP contribution in [0.15, 0.2) is 86.0 Å². The van der Waals surface area contributed by atoms with E-state index in [9.17, 15) is 0 Å². The molecule has 0 radical (unpaired) electrons. The summed E-state index contributed by atoms with van der Waals surface area (Å²) in [6.07, 6.45) is 3.62. The Kier molecular flexibility index (Phi) is 6.15. The van der Waals surface area contributed by atoms with Gasteiger partial charge in [0.1, 0.15) is 0 Å². The quantitative estimate of drug-likeness (QED) is 0.335. The molecule has 0 amide bonds. The number of aromatic nitrogens is 6. The third kappa shape index (κ3) is 4.78. The maximum atomic E-state index is 6.13. The van der Waals surface area contributed by atoms with Crippen LogP contribution in [-0.2, 0) is 13.1 Å². The van der Waals surface area contributed by atoms with Gasteiger partial charge in [0.05, 0.1) is 13.1 Å². The van der Waals surface area contributed by atoms with Crippen molar-refractivity contribution in [1.82, 2.24) is 29.5 Å². The molecule has 0 atom stereocenters. The van der Waals surface area contributed by atoms with E-state index in [0.717, 1.165) is 33.4 Å². The van der Waals surface area contributed by atoms with E-state index in [2.05, 4.69) is 33.3 Å². The predicted molar refractivity (Wildman–Crippen MR) is 145 cm³/mol. The summed E-state index contributed by atoms with van der Waals surface area (Å²) in [5, 5.41) is 9.19. The van der Waals surface area contributed by atoms with E-state index in [0.29, 0.717) is 36.6 Å². The Labute approximate surface area is 209 Å². The third-order valence-electron chi connectivity index (χ3n) is 5.90. The summed E-state index contributed by atoms with van der Waals surface area (Å²) in [5.41, 5.74) is 18.3. The Morgan fingerprint density at radius 1 is 0.583 bits per heavy atom. The second-order valence-corrected chi connectivity index (χ2v) is 8.37. The molecule has 2 aromatic heterocycles. The first kappa shape index (κ1) is 22.8. The molecule has 0 aliphatic carbocycles. The fraction of sp³-hybridized carbons (Fsp3) is 0.0714. The number of hydrogen-bond donors (Lipinski definition) is 2. The Bertz CT molecular complexity index is 1390. The molecule has 0 aliphatic heterocycles. The molecule has 8 heteroatoms. The van der Waals surface area contributed by atoms with Crippen LogP contribution in [0.4, 0.5) is 11.9 Å². The van der Waals surface area contributed by atoms with Crippen molar-refractivity contribution < 1.29 is 0 Å². The van der Waals surface area contributed by atoms with Crippen LogP contribution in [0, 0.1) is 0 Å². The minimum Gasteiger partial charge on any atom is -0.368 e. The van der Waals surface area contributed by atoms with Crippen LogP contribution in [0.5, 0.6) is 0 Å². The van der Waals surface area contributed by atoms with Crippen molar-refractivity contribution in [2.24, 2.45) is 0 Å². The number of anilines is 2. The normalized spacial score (nSPS) is 10.9. The van der Waals surface area contributed by atoms with Crippen LogP contribution in [0.25, 0.3) is 34.9 Å². The van der Waals surface area contributed by atoms with Crippen molar-refractivity contribution in [3.63, 3.8) is 0 Å². The summed E-state index contributed by atoms with van der Waals surface area (Å²) in [4.78, 5) is 8.88. The molecular weight excluding hydrogens is 448 g/mol. The Balaban J connectivity index is 1.31. The molecule has 5 aromatic rings. The van der Waals surface area contributed by atoms with Gasteiger partial charge in [-0.15, -0.1) is 10.2 Å². The van der Waals surface area contributed by atoms with Gasteiger partial charge >= 0.3 is 0 Å². The number of nitrogens with two attached hydrogens (primary N) is 2. The molecule has 178 valence electrons. The molecule has 0 saturated carbocycles. The van der Waals surface area contributed by atoms with Crippen LogP contribution in [-0.4, -0.2) is 29.5 Å². The molecule has 0 unspecified atom stereocenters. The maximum Gasteiger partial charge on any atom is 0.219 e. The molecule has 0 saturated heterocycles. The molecule has 2 heterocycles. The Hall–Kier alpha value is -4.98. The van der Waals surface area contributed by atoms with Crippen molar-refractivity contribution >= 4 is 24.0 Å². The lowest BCUT2D eigenvalue weighted by molar-refractivity contribution is 0.698. The molecule has 0 spiro atoms. The number of rotatable bonds is 8. The van der Waals surface area contributed by atoms with E-state index in [1.165, 1.54) is 0 Å². The number of benzene rings is 3. The molecule has 0 fully saturated rings. The summed E-state index contributed by atoms with van der Waals surface area (Å²) in [6, 6.07) is 23.9. The van der Waals surface area contributed by atoms with Gasteiger partial charge in [0.2, 0.25) is 11.9 Å². The van der Waals surface area contributed by atoms with E-state index in [4.69, 9.17) is 11.5 Å². The molecule has 5 rings (SSSR count). The van der Waals surface area contributed by atoms with E-state index < -0.39 is 0 Å². The fourth-order valence-electron chi connectivity index (χ4n) is 3.82. The SMILES string of the molecule is C=Cc1ccc(Cn2nc(-c3ccc(-c4nc(N)n(Cc5ccc(C=C)cc5)n4)cc3)nc2N)cc1. The van der Waals surface area contributed by atoms with Crippen molar-refractivity contribution in [3.05, 3.63) is 108 Å². The van der Waals surface area contributed by atoms with E-state index in [1.54, 1.807) is 9.36 Å². The highest BCUT2D eigenvalue weighted by molar-refractivity contribution is 5.64. The van der Waals surface area contributed by atoms with E-state index in [-0.39, 0.29) is 0 Å². The van der Waals surface area contributed by atoms with Gasteiger partial charge in [-0.3, -0.25) is 0 Å². The van der Waals surface area contributed by atoms with E-state index >= 15 is 0 Å².